The molecule has 0 fully saturated rings. The van der Waals surface area contributed by atoms with Gasteiger partial charge in [-0.2, -0.15) is 8.42 Å². The first-order chi connectivity index (χ1) is 3.85. The molecule has 0 rings (SSSR count). The lowest BCUT2D eigenvalue weighted by Crippen LogP contribution is -2.34. The molecule has 0 saturated heterocycles. The molecular weight excluding hydrogens is 134 g/mol. The van der Waals surface area contributed by atoms with Gasteiger partial charge >= 0.3 is 10.3 Å². The lowest BCUT2D eigenvalue weighted by molar-refractivity contribution is 0.478. The number of hydrogen-bond donors (Lipinski definition) is 4. The molecule has 0 aromatic rings. The fourth-order valence-electron chi connectivity index (χ4n) is 0.124. The second-order valence-corrected chi connectivity index (χ2v) is 2.00. The second-order valence-electron chi connectivity index (χ2n) is 0.924. The minimum atomic E-state index is -4.65. The van der Waals surface area contributed by atoms with E-state index in [9.17, 15) is 8.42 Å². The molecule has 5 N–H and O–H groups in total. The predicted octanol–water partition coefficient (Wildman–Crippen LogP) is -1.73. The van der Waals surface area contributed by atoms with Crippen molar-refractivity contribution < 1.29 is 14.4 Å². The van der Waals surface area contributed by atoms with E-state index in [0.29, 0.717) is 0 Å². The van der Waals surface area contributed by atoms with Gasteiger partial charge in [-0.15, -0.1) is 0 Å². The van der Waals surface area contributed by atoms with Crippen molar-refractivity contribution in [3.8, 4) is 0 Å². The molecule has 48 valence electrons. The van der Waals surface area contributed by atoms with Crippen LogP contribution in [-0.4, -0.2) is 18.9 Å². The topological polar surface area (TPSA) is 116 Å². The van der Waals surface area contributed by atoms with Crippen LogP contribution in [0.5, 0.6) is 0 Å². The average Bonchev–Trinajstić information content (AvgIpc) is 1.62. The van der Waals surface area contributed by atoms with Crippen molar-refractivity contribution in [3.63, 3.8) is 0 Å². The molecular formula is CH5N3O3S. The molecule has 0 unspecified atom stereocenters. The summed E-state index contributed by atoms with van der Waals surface area (Å²) in [6.07, 6.45) is 0. The van der Waals surface area contributed by atoms with Gasteiger partial charge in [0.15, 0.2) is 1.41 Å². The first kappa shape index (κ1) is 5.32. The Morgan fingerprint density at radius 2 is 2.38 bits per heavy atom. The standard InChI is InChI=1S/CH5N3O3S/c2-1(3)4-8(5,6)7/h(H4,2,3,4)(H,5,6,7)/i/hD. The van der Waals surface area contributed by atoms with Gasteiger partial charge in [-0.1, -0.05) is 0 Å². The van der Waals surface area contributed by atoms with Crippen molar-refractivity contribution in [2.45, 2.75) is 0 Å². The van der Waals surface area contributed by atoms with Gasteiger partial charge in [0, 0.05) is 0 Å². The molecule has 8 heavy (non-hydrogen) atoms. The molecule has 0 aliphatic rings. The summed E-state index contributed by atoms with van der Waals surface area (Å²) in [5.41, 5.74) is 4.50. The van der Waals surface area contributed by atoms with E-state index in [1.807, 2.05) is 0 Å². The van der Waals surface area contributed by atoms with Gasteiger partial charge < -0.3 is 5.73 Å². The molecule has 7 heteroatoms. The van der Waals surface area contributed by atoms with Crippen LogP contribution in [0.25, 0.3) is 0 Å². The summed E-state index contributed by atoms with van der Waals surface area (Å²) < 4.78 is 33.5. The van der Waals surface area contributed by atoms with Crippen LogP contribution in [0.4, 0.5) is 0 Å². The molecule has 0 aromatic carbocycles. The van der Waals surface area contributed by atoms with Crippen molar-refractivity contribution in [2.24, 2.45) is 5.73 Å². The Balaban J connectivity index is 4.43. The molecule has 0 atom stereocenters. The van der Waals surface area contributed by atoms with Gasteiger partial charge in [0.2, 0.25) is 5.96 Å². The first-order valence-corrected chi connectivity index (χ1v) is 2.86. The Labute approximate surface area is 47.5 Å². The summed E-state index contributed by atoms with van der Waals surface area (Å²) in [4.78, 5) is 0. The van der Waals surface area contributed by atoms with Crippen molar-refractivity contribution in [1.82, 2.24) is 4.72 Å². The summed E-state index contributed by atoms with van der Waals surface area (Å²) in [5.74, 6) is -1.06. The Bertz CT molecular complexity index is 209. The maximum atomic E-state index is 9.85. The highest BCUT2D eigenvalue weighted by atomic mass is 32.2. The zero-order chi connectivity index (χ0) is 7.65. The van der Waals surface area contributed by atoms with Gasteiger partial charge in [0.25, 0.3) is 0 Å². The first-order valence-electron chi connectivity index (χ1n) is 1.91. The average molecular weight is 140 g/mol. The second kappa shape index (κ2) is 1.97. The van der Waals surface area contributed by atoms with E-state index in [4.69, 9.17) is 11.4 Å². The summed E-state index contributed by atoms with van der Waals surface area (Å²) >= 11 is 0. The van der Waals surface area contributed by atoms with E-state index in [1.165, 1.54) is 0 Å². The molecule has 0 saturated carbocycles. The van der Waals surface area contributed by atoms with Gasteiger partial charge in [0.1, 0.15) is 0 Å². The predicted molar refractivity (Wildman–Crippen MR) is 26.6 cm³/mol. The summed E-state index contributed by atoms with van der Waals surface area (Å²) in [7, 11) is -4.65. The molecule has 0 aliphatic carbocycles. The maximum Gasteiger partial charge on any atom is 0.359 e. The molecule has 0 bridgehead atoms. The SMILES string of the molecule is [2H]N(C(=N)N)S(=O)(=O)O. The van der Waals surface area contributed by atoms with E-state index < -0.39 is 21.0 Å². The smallest absolute Gasteiger partial charge is 0.359 e. The van der Waals surface area contributed by atoms with E-state index in [2.05, 4.69) is 5.73 Å². The van der Waals surface area contributed by atoms with Crippen molar-refractivity contribution in [1.29, 1.82) is 5.41 Å². The van der Waals surface area contributed by atoms with E-state index >= 15 is 0 Å². The Kier molecular flexibility index (Phi) is 1.31. The van der Waals surface area contributed by atoms with Crippen LogP contribution < -0.4 is 10.4 Å². The van der Waals surface area contributed by atoms with Gasteiger partial charge in [-0.3, -0.25) is 9.96 Å². The fourth-order valence-corrected chi connectivity index (χ4v) is 0.373. The number of hydrogen-bond acceptors (Lipinski definition) is 3. The molecule has 0 radical (unpaired) electrons. The minimum Gasteiger partial charge on any atom is -0.369 e. The highest BCUT2D eigenvalue weighted by Gasteiger charge is 2.00. The third-order valence-electron chi connectivity index (χ3n) is 0.214. The van der Waals surface area contributed by atoms with Crippen LogP contribution in [0, 0.1) is 5.41 Å². The zero-order valence-electron chi connectivity index (χ0n) is 4.70. The number of guanidine groups is 1. The van der Waals surface area contributed by atoms with Gasteiger partial charge in [-0.05, 0) is 0 Å². The zero-order valence-corrected chi connectivity index (χ0v) is 4.51. The number of nitrogens with two attached hydrogens (primary N) is 1. The lowest BCUT2D eigenvalue weighted by Gasteiger charge is -1.94. The lowest BCUT2D eigenvalue weighted by atomic mass is 11.1. The van der Waals surface area contributed by atoms with E-state index in [1.54, 1.807) is 0 Å². The van der Waals surface area contributed by atoms with Crippen LogP contribution in [-0.2, 0) is 10.3 Å². The minimum absolute atomic E-state index is 0.507. The summed E-state index contributed by atoms with van der Waals surface area (Å²) in [6, 6.07) is 0. The molecule has 0 heterocycles. The third-order valence-corrected chi connectivity index (χ3v) is 0.641. The monoisotopic (exact) mass is 140 g/mol. The fraction of sp³-hybridized carbons (Fsp3) is 0. The van der Waals surface area contributed by atoms with Crippen LogP contribution >= 0.6 is 0 Å². The molecule has 6 nitrogen and oxygen atoms in total. The Hall–Kier alpha value is -0.820. The van der Waals surface area contributed by atoms with Crippen molar-refractivity contribution in [2.75, 3.05) is 0 Å². The molecule has 0 aromatic heterocycles. The van der Waals surface area contributed by atoms with Crippen LogP contribution in [0.15, 0.2) is 0 Å². The molecule has 0 amide bonds. The van der Waals surface area contributed by atoms with E-state index in [0.717, 1.165) is 0 Å². The van der Waals surface area contributed by atoms with Crippen LogP contribution in [0.3, 0.4) is 0 Å². The third kappa shape index (κ3) is 5.18. The van der Waals surface area contributed by atoms with E-state index in [-0.39, 0.29) is 0 Å². The maximum absolute atomic E-state index is 9.85. The summed E-state index contributed by atoms with van der Waals surface area (Å²) in [5, 5.41) is 6.33. The van der Waals surface area contributed by atoms with Crippen molar-refractivity contribution >= 4 is 16.3 Å². The van der Waals surface area contributed by atoms with Crippen LogP contribution in [0.1, 0.15) is 0 Å². The normalized spacial score (nSPS) is 12.4. The quantitative estimate of drug-likeness (QED) is 0.197. The number of nitrogens with one attached hydrogen (secondary N) is 2. The van der Waals surface area contributed by atoms with Crippen LogP contribution in [0.2, 0.25) is 1.41 Å². The Morgan fingerprint density at radius 1 is 2.00 bits per heavy atom. The largest absolute Gasteiger partial charge is 0.369 e. The van der Waals surface area contributed by atoms with Crippen molar-refractivity contribution in [3.05, 3.63) is 0 Å². The highest BCUT2D eigenvalue weighted by molar-refractivity contribution is 7.84. The van der Waals surface area contributed by atoms with Gasteiger partial charge in [0.05, 0.1) is 0 Å². The Morgan fingerprint density at radius 3 is 2.38 bits per heavy atom. The highest BCUT2D eigenvalue weighted by Crippen LogP contribution is 1.66. The number of rotatable bonds is 1. The van der Waals surface area contributed by atoms with Gasteiger partial charge in [-0.25, -0.2) is 4.72 Å². The molecule has 0 aliphatic heterocycles. The summed E-state index contributed by atoms with van der Waals surface area (Å²) in [6.45, 7) is 0. The molecule has 0 spiro atoms.